The molecular formula is C12H16FN3O2. The van der Waals surface area contributed by atoms with E-state index in [1.165, 1.54) is 12.1 Å². The molecule has 1 saturated heterocycles. The Morgan fingerprint density at radius 2 is 2.22 bits per heavy atom. The number of rotatable bonds is 4. The van der Waals surface area contributed by atoms with Crippen molar-refractivity contribution in [1.82, 2.24) is 16.3 Å². The summed E-state index contributed by atoms with van der Waals surface area (Å²) in [6.45, 7) is 2.71. The number of hydrogen-bond acceptors (Lipinski definition) is 4. The van der Waals surface area contributed by atoms with E-state index in [1.807, 2.05) is 0 Å². The molecule has 2 atom stereocenters. The summed E-state index contributed by atoms with van der Waals surface area (Å²) < 4.78 is 12.9. The largest absolute Gasteiger partial charge is 0.274 e. The van der Waals surface area contributed by atoms with E-state index in [-0.39, 0.29) is 23.7 Å². The van der Waals surface area contributed by atoms with Crippen LogP contribution in [0.4, 0.5) is 4.39 Å². The standard InChI is InChI=1S/C12H16FN3O2/c1-2-18-16-12(17)10-7-14-15-11(10)8-3-5-9(13)6-4-8/h3-6,10-11,14-15H,2,7H2,1H3,(H,16,17). The minimum absolute atomic E-state index is 0.189. The van der Waals surface area contributed by atoms with Crippen LogP contribution in [0, 0.1) is 11.7 Å². The fourth-order valence-corrected chi connectivity index (χ4v) is 1.95. The van der Waals surface area contributed by atoms with Crippen LogP contribution in [0.5, 0.6) is 0 Å². The second-order valence-corrected chi connectivity index (χ2v) is 4.06. The molecule has 1 aromatic rings. The first-order valence-corrected chi connectivity index (χ1v) is 5.88. The number of hydrogen-bond donors (Lipinski definition) is 3. The first kappa shape index (κ1) is 12.9. The highest BCUT2D eigenvalue weighted by molar-refractivity contribution is 5.79. The maximum absolute atomic E-state index is 12.9. The Hall–Kier alpha value is -1.50. The van der Waals surface area contributed by atoms with Crippen LogP contribution in [0.1, 0.15) is 18.5 Å². The summed E-state index contributed by atoms with van der Waals surface area (Å²) in [5.41, 5.74) is 9.20. The van der Waals surface area contributed by atoms with Gasteiger partial charge in [-0.1, -0.05) is 12.1 Å². The molecule has 0 aliphatic carbocycles. The van der Waals surface area contributed by atoms with Gasteiger partial charge < -0.3 is 0 Å². The number of benzene rings is 1. The number of nitrogens with one attached hydrogen (secondary N) is 3. The van der Waals surface area contributed by atoms with Crippen molar-refractivity contribution < 1.29 is 14.0 Å². The SMILES string of the molecule is CCONC(=O)C1CNNC1c1ccc(F)cc1. The highest BCUT2D eigenvalue weighted by Crippen LogP contribution is 2.25. The molecule has 0 spiro atoms. The summed E-state index contributed by atoms with van der Waals surface area (Å²) in [4.78, 5) is 16.8. The maximum Gasteiger partial charge on any atom is 0.249 e. The first-order chi connectivity index (χ1) is 8.72. The fraction of sp³-hybridized carbons (Fsp3) is 0.417. The molecule has 0 radical (unpaired) electrons. The highest BCUT2D eigenvalue weighted by atomic mass is 19.1. The third-order valence-corrected chi connectivity index (χ3v) is 2.86. The molecule has 1 heterocycles. The summed E-state index contributed by atoms with van der Waals surface area (Å²) >= 11 is 0. The average Bonchev–Trinajstić information content (AvgIpc) is 2.86. The lowest BCUT2D eigenvalue weighted by atomic mass is 9.94. The summed E-state index contributed by atoms with van der Waals surface area (Å²) in [6, 6.07) is 5.91. The van der Waals surface area contributed by atoms with Crippen molar-refractivity contribution in [2.45, 2.75) is 13.0 Å². The van der Waals surface area contributed by atoms with Crippen molar-refractivity contribution in [3.8, 4) is 0 Å². The Morgan fingerprint density at radius 1 is 1.50 bits per heavy atom. The molecule has 5 nitrogen and oxygen atoms in total. The molecule has 2 rings (SSSR count). The highest BCUT2D eigenvalue weighted by Gasteiger charge is 2.34. The number of hydroxylamine groups is 1. The zero-order chi connectivity index (χ0) is 13.0. The van der Waals surface area contributed by atoms with Gasteiger partial charge in [0.2, 0.25) is 5.91 Å². The normalized spacial score (nSPS) is 23.0. The summed E-state index contributed by atoms with van der Waals surface area (Å²) in [5.74, 6) is -0.772. The van der Waals surface area contributed by atoms with Gasteiger partial charge in [0.1, 0.15) is 5.82 Å². The molecule has 0 bridgehead atoms. The van der Waals surface area contributed by atoms with Crippen molar-refractivity contribution in [1.29, 1.82) is 0 Å². The predicted molar refractivity (Wildman–Crippen MR) is 63.5 cm³/mol. The Labute approximate surface area is 105 Å². The Morgan fingerprint density at radius 3 is 2.89 bits per heavy atom. The second kappa shape index (κ2) is 5.90. The van der Waals surface area contributed by atoms with Crippen molar-refractivity contribution >= 4 is 5.91 Å². The fourth-order valence-electron chi connectivity index (χ4n) is 1.95. The van der Waals surface area contributed by atoms with Crippen molar-refractivity contribution in [2.24, 2.45) is 5.92 Å². The number of carbonyl (C=O) groups excluding carboxylic acids is 1. The van der Waals surface area contributed by atoms with Gasteiger partial charge in [0.05, 0.1) is 18.6 Å². The number of hydrazine groups is 1. The molecule has 1 amide bonds. The van der Waals surface area contributed by atoms with Crippen molar-refractivity contribution in [2.75, 3.05) is 13.2 Å². The molecular weight excluding hydrogens is 237 g/mol. The van der Waals surface area contributed by atoms with Crippen molar-refractivity contribution in [3.63, 3.8) is 0 Å². The van der Waals surface area contributed by atoms with Crippen LogP contribution < -0.4 is 16.3 Å². The second-order valence-electron chi connectivity index (χ2n) is 4.06. The lowest BCUT2D eigenvalue weighted by molar-refractivity contribution is -0.137. The van der Waals surface area contributed by atoms with Crippen LogP contribution in [-0.4, -0.2) is 19.1 Å². The lowest BCUT2D eigenvalue weighted by Gasteiger charge is -2.17. The van der Waals surface area contributed by atoms with E-state index in [1.54, 1.807) is 19.1 Å². The van der Waals surface area contributed by atoms with Gasteiger partial charge in [0, 0.05) is 6.54 Å². The maximum atomic E-state index is 12.9. The van der Waals surface area contributed by atoms with Crippen LogP contribution in [0.3, 0.4) is 0 Å². The summed E-state index contributed by atoms with van der Waals surface area (Å²) in [6.07, 6.45) is 0. The zero-order valence-corrected chi connectivity index (χ0v) is 10.1. The molecule has 1 aliphatic heterocycles. The van der Waals surface area contributed by atoms with Crippen LogP contribution in [0.25, 0.3) is 0 Å². The molecule has 1 fully saturated rings. The van der Waals surface area contributed by atoms with Crippen LogP contribution in [0.2, 0.25) is 0 Å². The third-order valence-electron chi connectivity index (χ3n) is 2.86. The Kier molecular flexibility index (Phi) is 4.24. The zero-order valence-electron chi connectivity index (χ0n) is 10.1. The Balaban J connectivity index is 2.07. The third kappa shape index (κ3) is 2.84. The van der Waals surface area contributed by atoms with Crippen LogP contribution in [-0.2, 0) is 9.63 Å². The molecule has 98 valence electrons. The van der Waals surface area contributed by atoms with E-state index in [0.717, 1.165) is 5.56 Å². The minimum atomic E-state index is -0.292. The van der Waals surface area contributed by atoms with E-state index in [0.29, 0.717) is 13.2 Å². The number of amides is 1. The molecule has 2 unspecified atom stereocenters. The van der Waals surface area contributed by atoms with E-state index in [2.05, 4.69) is 16.3 Å². The van der Waals surface area contributed by atoms with E-state index in [4.69, 9.17) is 4.84 Å². The quantitative estimate of drug-likeness (QED) is 0.690. The van der Waals surface area contributed by atoms with Gasteiger partial charge in [-0.3, -0.25) is 15.1 Å². The minimum Gasteiger partial charge on any atom is -0.274 e. The van der Waals surface area contributed by atoms with E-state index in [9.17, 15) is 9.18 Å². The van der Waals surface area contributed by atoms with Gasteiger partial charge in [-0.05, 0) is 24.6 Å². The molecule has 6 heteroatoms. The van der Waals surface area contributed by atoms with Crippen molar-refractivity contribution in [3.05, 3.63) is 35.6 Å². The smallest absolute Gasteiger partial charge is 0.249 e. The monoisotopic (exact) mass is 253 g/mol. The topological polar surface area (TPSA) is 62.4 Å². The average molecular weight is 253 g/mol. The van der Waals surface area contributed by atoms with E-state index >= 15 is 0 Å². The number of halogens is 1. The van der Waals surface area contributed by atoms with Crippen LogP contribution in [0.15, 0.2) is 24.3 Å². The van der Waals surface area contributed by atoms with Gasteiger partial charge in [-0.2, -0.15) is 0 Å². The predicted octanol–water partition coefficient (Wildman–Crippen LogP) is 0.658. The van der Waals surface area contributed by atoms with Gasteiger partial charge in [0.15, 0.2) is 0 Å². The lowest BCUT2D eigenvalue weighted by Crippen LogP contribution is -2.35. The van der Waals surface area contributed by atoms with Gasteiger partial charge in [-0.25, -0.2) is 15.3 Å². The van der Waals surface area contributed by atoms with Crippen LogP contribution >= 0.6 is 0 Å². The Bertz CT molecular complexity index is 410. The van der Waals surface area contributed by atoms with Gasteiger partial charge >= 0.3 is 0 Å². The molecule has 1 aromatic carbocycles. The number of carbonyl (C=O) groups is 1. The van der Waals surface area contributed by atoms with E-state index < -0.39 is 0 Å². The molecule has 18 heavy (non-hydrogen) atoms. The van der Waals surface area contributed by atoms with Gasteiger partial charge in [-0.15, -0.1) is 0 Å². The summed E-state index contributed by atoms with van der Waals surface area (Å²) in [5, 5.41) is 0. The molecule has 3 N–H and O–H groups in total. The van der Waals surface area contributed by atoms with Gasteiger partial charge in [0.25, 0.3) is 0 Å². The molecule has 0 saturated carbocycles. The first-order valence-electron chi connectivity index (χ1n) is 5.88. The molecule has 0 aromatic heterocycles. The molecule has 1 aliphatic rings. The summed E-state index contributed by atoms with van der Waals surface area (Å²) in [7, 11) is 0.